The summed E-state index contributed by atoms with van der Waals surface area (Å²) in [5, 5.41) is 23.9. The fraction of sp³-hybridized carbons (Fsp3) is 0.263. The molecule has 7 nitrogen and oxygen atoms in total. The van der Waals surface area contributed by atoms with Crippen molar-refractivity contribution in [2.75, 3.05) is 7.11 Å². The van der Waals surface area contributed by atoms with Crippen LogP contribution in [0.3, 0.4) is 0 Å². The summed E-state index contributed by atoms with van der Waals surface area (Å²) >= 11 is 0. The number of carbonyl (C=O) groups excluding carboxylic acids is 2. The normalized spacial score (nSPS) is 24.4. The van der Waals surface area contributed by atoms with Crippen LogP contribution in [0.5, 0.6) is 11.5 Å². The van der Waals surface area contributed by atoms with Crippen LogP contribution in [0.2, 0.25) is 0 Å². The number of Topliss-reactive ketones (excluding diaryl/α,β-unsaturated/α-hetero) is 1. The lowest BCUT2D eigenvalue weighted by Gasteiger charge is -2.45. The second kappa shape index (κ2) is 7.28. The third-order valence-corrected chi connectivity index (χ3v) is 4.71. The molecule has 29 heavy (non-hydrogen) atoms. The summed E-state index contributed by atoms with van der Waals surface area (Å²) in [7, 11) is 1.23. The van der Waals surface area contributed by atoms with Gasteiger partial charge in [0.2, 0.25) is 5.72 Å². The van der Waals surface area contributed by atoms with E-state index >= 15 is 0 Å². The number of ether oxygens (including phenoxy) is 1. The number of urea groups is 1. The van der Waals surface area contributed by atoms with Crippen molar-refractivity contribution in [3.05, 3.63) is 59.7 Å². The summed E-state index contributed by atoms with van der Waals surface area (Å²) in [6.45, 7) is 0. The number of ketones is 1. The molecule has 1 fully saturated rings. The Labute approximate surface area is 163 Å². The van der Waals surface area contributed by atoms with Gasteiger partial charge in [0.05, 0.1) is 13.2 Å². The fourth-order valence-corrected chi connectivity index (χ4v) is 3.29. The predicted molar refractivity (Wildman–Crippen MR) is 94.3 cm³/mol. The van der Waals surface area contributed by atoms with Crippen molar-refractivity contribution in [1.29, 1.82) is 0 Å². The van der Waals surface area contributed by atoms with Crippen molar-refractivity contribution in [2.45, 2.75) is 17.9 Å². The minimum atomic E-state index is -5.35. The number of halogens is 3. The maximum Gasteiger partial charge on any atom is 0.437 e. The molecular weight excluding hydrogens is 393 g/mol. The number of carbonyl (C=O) groups is 2. The minimum absolute atomic E-state index is 0.0338. The molecule has 1 saturated heterocycles. The molecule has 0 unspecified atom stereocenters. The molecule has 1 aliphatic rings. The van der Waals surface area contributed by atoms with Crippen molar-refractivity contribution < 1.29 is 37.7 Å². The van der Waals surface area contributed by atoms with Crippen LogP contribution in [0.15, 0.2) is 48.5 Å². The topological polar surface area (TPSA) is 108 Å². The van der Waals surface area contributed by atoms with E-state index in [1.165, 1.54) is 48.8 Å². The van der Waals surface area contributed by atoms with Crippen molar-refractivity contribution >= 4 is 11.8 Å². The van der Waals surface area contributed by atoms with E-state index in [-0.39, 0.29) is 22.6 Å². The lowest BCUT2D eigenvalue weighted by Crippen LogP contribution is -2.72. The van der Waals surface area contributed by atoms with Gasteiger partial charge >= 0.3 is 12.2 Å². The molecular formula is C19H17F3N2O5. The van der Waals surface area contributed by atoms with Gasteiger partial charge in [0, 0.05) is 5.56 Å². The molecule has 1 heterocycles. The molecule has 1 aliphatic heterocycles. The number of hydrogen-bond donors (Lipinski definition) is 4. The summed E-state index contributed by atoms with van der Waals surface area (Å²) < 4.78 is 46.4. The van der Waals surface area contributed by atoms with Crippen LogP contribution in [0.1, 0.15) is 22.0 Å². The summed E-state index contributed by atoms with van der Waals surface area (Å²) in [5.74, 6) is -3.54. The first-order valence-corrected chi connectivity index (χ1v) is 8.42. The van der Waals surface area contributed by atoms with E-state index < -0.39 is 35.7 Å². The number of phenols is 1. The van der Waals surface area contributed by atoms with E-state index in [2.05, 4.69) is 5.32 Å². The first kappa shape index (κ1) is 20.5. The number of methoxy groups -OCH3 is 1. The number of aromatic hydroxyl groups is 1. The highest BCUT2D eigenvalue weighted by Gasteiger charge is 2.66. The summed E-state index contributed by atoms with van der Waals surface area (Å²) in [6, 6.07) is 7.84. The minimum Gasteiger partial charge on any atom is -0.504 e. The van der Waals surface area contributed by atoms with E-state index in [1.54, 1.807) is 6.07 Å². The molecule has 0 radical (unpaired) electrons. The molecule has 3 atom stereocenters. The van der Waals surface area contributed by atoms with E-state index in [0.717, 1.165) is 6.07 Å². The fourth-order valence-electron chi connectivity index (χ4n) is 3.29. The number of amides is 2. The average molecular weight is 410 g/mol. The lowest BCUT2D eigenvalue weighted by atomic mass is 9.77. The van der Waals surface area contributed by atoms with Crippen LogP contribution in [0, 0.1) is 5.92 Å². The van der Waals surface area contributed by atoms with Crippen molar-refractivity contribution in [1.82, 2.24) is 10.6 Å². The zero-order chi connectivity index (χ0) is 21.4. The third kappa shape index (κ3) is 3.58. The second-order valence-corrected chi connectivity index (χ2v) is 6.48. The molecule has 0 bridgehead atoms. The Morgan fingerprint density at radius 3 is 2.41 bits per heavy atom. The highest BCUT2D eigenvalue weighted by molar-refractivity contribution is 6.00. The van der Waals surface area contributed by atoms with Crippen LogP contribution >= 0.6 is 0 Å². The van der Waals surface area contributed by atoms with E-state index in [1.807, 2.05) is 0 Å². The Hall–Kier alpha value is -3.27. The quantitative estimate of drug-likeness (QED) is 0.580. The Balaban J connectivity index is 2.18. The van der Waals surface area contributed by atoms with Crippen LogP contribution in [0.25, 0.3) is 0 Å². The molecule has 0 aromatic heterocycles. The van der Waals surface area contributed by atoms with Crippen molar-refractivity contribution in [3.63, 3.8) is 0 Å². The number of nitrogens with one attached hydrogen (secondary N) is 2. The Kier molecular flexibility index (Phi) is 5.14. The van der Waals surface area contributed by atoms with E-state index in [4.69, 9.17) is 4.74 Å². The highest BCUT2D eigenvalue weighted by atomic mass is 19.4. The van der Waals surface area contributed by atoms with E-state index in [0.29, 0.717) is 0 Å². The number of hydrogen-bond acceptors (Lipinski definition) is 5. The molecule has 2 amide bonds. The predicted octanol–water partition coefficient (Wildman–Crippen LogP) is 2.50. The number of rotatable bonds is 4. The van der Waals surface area contributed by atoms with Gasteiger partial charge in [0.1, 0.15) is 5.92 Å². The third-order valence-electron chi connectivity index (χ3n) is 4.71. The van der Waals surface area contributed by atoms with Gasteiger partial charge in [-0.3, -0.25) is 4.79 Å². The van der Waals surface area contributed by atoms with Gasteiger partial charge < -0.3 is 25.6 Å². The van der Waals surface area contributed by atoms with Gasteiger partial charge in [-0.25, -0.2) is 4.79 Å². The maximum atomic E-state index is 13.8. The average Bonchev–Trinajstić information content (AvgIpc) is 2.67. The van der Waals surface area contributed by atoms with Gasteiger partial charge in [-0.15, -0.1) is 0 Å². The van der Waals surface area contributed by atoms with Crippen LogP contribution in [0.4, 0.5) is 18.0 Å². The number of benzene rings is 2. The van der Waals surface area contributed by atoms with Crippen molar-refractivity contribution in [2.24, 2.45) is 5.92 Å². The molecule has 4 N–H and O–H groups in total. The zero-order valence-corrected chi connectivity index (χ0v) is 15.0. The van der Waals surface area contributed by atoms with Gasteiger partial charge in [-0.2, -0.15) is 13.2 Å². The van der Waals surface area contributed by atoms with Crippen molar-refractivity contribution in [3.8, 4) is 11.5 Å². The summed E-state index contributed by atoms with van der Waals surface area (Å²) in [5.41, 5.74) is -3.86. The molecule has 2 aromatic carbocycles. The van der Waals surface area contributed by atoms with E-state index in [9.17, 15) is 33.0 Å². The van der Waals surface area contributed by atoms with Gasteiger partial charge in [0.25, 0.3) is 0 Å². The first-order valence-electron chi connectivity index (χ1n) is 8.42. The zero-order valence-electron chi connectivity index (χ0n) is 15.0. The Morgan fingerprint density at radius 1 is 1.17 bits per heavy atom. The number of phenolic OH excluding ortho intramolecular Hbond substituents is 1. The molecule has 3 rings (SSSR count). The van der Waals surface area contributed by atoms with Gasteiger partial charge in [-0.1, -0.05) is 36.4 Å². The Bertz CT molecular complexity index is 935. The molecule has 2 aromatic rings. The first-order chi connectivity index (χ1) is 13.6. The van der Waals surface area contributed by atoms with Crippen LogP contribution in [-0.4, -0.2) is 41.0 Å². The number of alkyl halides is 3. The second-order valence-electron chi connectivity index (χ2n) is 6.48. The molecule has 0 saturated carbocycles. The highest BCUT2D eigenvalue weighted by Crippen LogP contribution is 2.44. The largest absolute Gasteiger partial charge is 0.504 e. The molecule has 10 heteroatoms. The van der Waals surface area contributed by atoms with Gasteiger partial charge in [0.15, 0.2) is 17.3 Å². The number of aliphatic hydroxyl groups is 1. The standard InChI is InChI=1S/C19H17F3N2O5/c1-29-13-9-11(7-8-12(13)25)15-14(16(26)10-5-3-2-4-6-10)18(28,19(20,21)22)24-17(27)23-15/h2-9,14-15,25,28H,1H3,(H2,23,24,27)/t14-,15+,18-/m1/s1. The summed E-state index contributed by atoms with van der Waals surface area (Å²) in [6.07, 6.45) is -5.35. The SMILES string of the molecule is COc1cc([C@@H]2NC(=O)N[C@](O)(C(F)(F)F)[C@H]2C(=O)c2ccccc2)ccc1O. The Morgan fingerprint density at radius 2 is 1.83 bits per heavy atom. The van der Waals surface area contributed by atoms with Gasteiger partial charge in [-0.05, 0) is 17.7 Å². The summed E-state index contributed by atoms with van der Waals surface area (Å²) in [4.78, 5) is 25.0. The van der Waals surface area contributed by atoms with Crippen LogP contribution < -0.4 is 15.4 Å². The lowest BCUT2D eigenvalue weighted by molar-refractivity contribution is -0.287. The van der Waals surface area contributed by atoms with Crippen LogP contribution in [-0.2, 0) is 0 Å². The molecule has 154 valence electrons. The molecule has 0 spiro atoms. The molecule has 0 aliphatic carbocycles. The monoisotopic (exact) mass is 410 g/mol. The maximum absolute atomic E-state index is 13.8. The smallest absolute Gasteiger partial charge is 0.437 e.